The lowest BCUT2D eigenvalue weighted by Gasteiger charge is -2.06. The van der Waals surface area contributed by atoms with E-state index in [1.54, 1.807) is 31.2 Å². The average molecular weight is 297 g/mol. The molecule has 0 saturated carbocycles. The van der Waals surface area contributed by atoms with Gasteiger partial charge in [0.05, 0.1) is 13.2 Å². The van der Waals surface area contributed by atoms with Gasteiger partial charge in [0, 0.05) is 6.92 Å². The molecule has 4 nitrogen and oxygen atoms in total. The zero-order chi connectivity index (χ0) is 15.0. The SMILES string of the molecule is CCCOC(=O)c1ccccc1[P+](=O)C(C)OCCC. The van der Waals surface area contributed by atoms with Crippen LogP contribution in [-0.4, -0.2) is 25.0 Å². The van der Waals surface area contributed by atoms with Crippen molar-refractivity contribution in [2.24, 2.45) is 0 Å². The van der Waals surface area contributed by atoms with Crippen molar-refractivity contribution in [2.45, 2.75) is 39.5 Å². The highest BCUT2D eigenvalue weighted by atomic mass is 31.1. The van der Waals surface area contributed by atoms with Crippen molar-refractivity contribution in [3.63, 3.8) is 0 Å². The van der Waals surface area contributed by atoms with Crippen molar-refractivity contribution in [2.75, 3.05) is 13.2 Å². The minimum Gasteiger partial charge on any atom is -0.462 e. The summed E-state index contributed by atoms with van der Waals surface area (Å²) in [6.07, 6.45) is 1.63. The molecule has 0 aromatic heterocycles. The summed E-state index contributed by atoms with van der Waals surface area (Å²) in [4.78, 5) is 12.0. The summed E-state index contributed by atoms with van der Waals surface area (Å²) in [5.74, 6) is -0.835. The van der Waals surface area contributed by atoms with Crippen LogP contribution in [0.1, 0.15) is 44.0 Å². The molecule has 110 valence electrons. The third-order valence-corrected chi connectivity index (χ3v) is 4.37. The Bertz CT molecular complexity index is 459. The van der Waals surface area contributed by atoms with Crippen LogP contribution in [0, 0.1) is 0 Å². The Labute approximate surface area is 121 Å². The Balaban J connectivity index is 2.89. The summed E-state index contributed by atoms with van der Waals surface area (Å²) in [6, 6.07) is 6.86. The third kappa shape index (κ3) is 4.69. The van der Waals surface area contributed by atoms with Crippen LogP contribution in [0.25, 0.3) is 0 Å². The highest BCUT2D eigenvalue weighted by Crippen LogP contribution is 2.29. The number of ether oxygens (including phenoxy) is 2. The van der Waals surface area contributed by atoms with E-state index in [1.165, 1.54) is 0 Å². The van der Waals surface area contributed by atoms with E-state index in [-0.39, 0.29) is 0 Å². The number of hydrogen-bond acceptors (Lipinski definition) is 4. The first-order valence-electron chi connectivity index (χ1n) is 6.95. The van der Waals surface area contributed by atoms with E-state index in [0.717, 1.165) is 12.8 Å². The maximum atomic E-state index is 12.5. The van der Waals surface area contributed by atoms with Crippen molar-refractivity contribution < 1.29 is 18.8 Å². The monoisotopic (exact) mass is 297 g/mol. The van der Waals surface area contributed by atoms with E-state index in [0.29, 0.717) is 24.1 Å². The van der Waals surface area contributed by atoms with Gasteiger partial charge >= 0.3 is 13.8 Å². The fourth-order valence-electron chi connectivity index (χ4n) is 1.66. The van der Waals surface area contributed by atoms with Crippen LogP contribution in [0.5, 0.6) is 0 Å². The molecular weight excluding hydrogens is 275 g/mol. The molecule has 0 saturated heterocycles. The van der Waals surface area contributed by atoms with Gasteiger partial charge in [0.15, 0.2) is 0 Å². The molecule has 0 N–H and O–H groups in total. The molecular formula is C15H22O4P+. The van der Waals surface area contributed by atoms with Gasteiger partial charge in [-0.05, 0) is 25.0 Å². The Hall–Kier alpha value is -1.25. The van der Waals surface area contributed by atoms with Crippen LogP contribution < -0.4 is 5.30 Å². The Kier molecular flexibility index (Phi) is 7.42. The normalized spacial score (nSPS) is 12.8. The lowest BCUT2D eigenvalue weighted by molar-refractivity contribution is 0.0506. The fourth-order valence-corrected chi connectivity index (χ4v) is 2.93. The molecule has 0 spiro atoms. The summed E-state index contributed by atoms with van der Waals surface area (Å²) in [5, 5.41) is 0.507. The molecule has 20 heavy (non-hydrogen) atoms. The topological polar surface area (TPSA) is 52.6 Å². The number of carbonyl (C=O) groups is 1. The molecule has 1 aromatic rings. The first-order chi connectivity index (χ1) is 9.61. The van der Waals surface area contributed by atoms with E-state index < -0.39 is 19.6 Å². The zero-order valence-corrected chi connectivity index (χ0v) is 13.2. The largest absolute Gasteiger partial charge is 0.462 e. The first kappa shape index (κ1) is 16.8. The molecule has 1 aromatic carbocycles. The molecule has 0 amide bonds. The molecule has 0 bridgehead atoms. The van der Waals surface area contributed by atoms with Crippen molar-refractivity contribution in [3.05, 3.63) is 29.8 Å². The van der Waals surface area contributed by atoms with Crippen LogP contribution in [0.2, 0.25) is 0 Å². The van der Waals surface area contributed by atoms with Gasteiger partial charge in [-0.1, -0.05) is 30.5 Å². The zero-order valence-electron chi connectivity index (χ0n) is 12.3. The van der Waals surface area contributed by atoms with Gasteiger partial charge in [-0.3, -0.25) is 0 Å². The van der Waals surface area contributed by atoms with E-state index in [1.807, 2.05) is 13.8 Å². The number of hydrogen-bond donors (Lipinski definition) is 0. The number of carbonyl (C=O) groups excluding carboxylic acids is 1. The van der Waals surface area contributed by atoms with Crippen LogP contribution in [0.15, 0.2) is 24.3 Å². The van der Waals surface area contributed by atoms with Crippen LogP contribution >= 0.6 is 7.80 Å². The molecule has 0 aliphatic rings. The first-order valence-corrected chi connectivity index (χ1v) is 8.28. The maximum Gasteiger partial charge on any atom is 0.409 e. The highest BCUT2D eigenvalue weighted by Gasteiger charge is 2.34. The second-order valence-electron chi connectivity index (χ2n) is 4.45. The molecule has 2 atom stereocenters. The van der Waals surface area contributed by atoms with Crippen LogP contribution in [-0.2, 0) is 14.0 Å². The van der Waals surface area contributed by atoms with E-state index in [2.05, 4.69) is 0 Å². The maximum absolute atomic E-state index is 12.5. The van der Waals surface area contributed by atoms with Gasteiger partial charge in [-0.15, -0.1) is 0 Å². The minimum atomic E-state index is -1.79. The summed E-state index contributed by atoms with van der Waals surface area (Å²) in [6.45, 7) is 6.62. The van der Waals surface area contributed by atoms with E-state index in [9.17, 15) is 9.36 Å². The van der Waals surface area contributed by atoms with Gasteiger partial charge in [-0.2, -0.15) is 0 Å². The van der Waals surface area contributed by atoms with Crippen LogP contribution in [0.3, 0.4) is 0 Å². The third-order valence-electron chi connectivity index (χ3n) is 2.69. The van der Waals surface area contributed by atoms with Crippen molar-refractivity contribution in [3.8, 4) is 0 Å². The number of rotatable bonds is 8. The summed E-state index contributed by atoms with van der Waals surface area (Å²) < 4.78 is 23.1. The second kappa shape index (κ2) is 8.83. The Morgan fingerprint density at radius 2 is 1.85 bits per heavy atom. The van der Waals surface area contributed by atoms with Crippen molar-refractivity contribution >= 4 is 19.1 Å². The predicted octanol–water partition coefficient (Wildman–Crippen LogP) is 3.48. The summed E-state index contributed by atoms with van der Waals surface area (Å²) >= 11 is 0. The number of benzene rings is 1. The lowest BCUT2D eigenvalue weighted by Crippen LogP contribution is -2.19. The van der Waals surface area contributed by atoms with Gasteiger partial charge in [0.1, 0.15) is 5.56 Å². The van der Waals surface area contributed by atoms with Crippen LogP contribution in [0.4, 0.5) is 0 Å². The molecule has 0 aliphatic heterocycles. The molecule has 0 fully saturated rings. The van der Waals surface area contributed by atoms with Gasteiger partial charge in [0.25, 0.3) is 5.85 Å². The molecule has 0 aliphatic carbocycles. The summed E-state index contributed by atoms with van der Waals surface area (Å²) in [5.41, 5.74) is 0.369. The van der Waals surface area contributed by atoms with Crippen molar-refractivity contribution in [1.29, 1.82) is 0 Å². The molecule has 5 heteroatoms. The molecule has 0 heterocycles. The van der Waals surface area contributed by atoms with Gasteiger partial charge < -0.3 is 9.47 Å². The second-order valence-corrected chi connectivity index (χ2v) is 6.31. The molecule has 0 radical (unpaired) electrons. The minimum absolute atomic E-state index is 0.367. The van der Waals surface area contributed by atoms with Crippen molar-refractivity contribution in [1.82, 2.24) is 0 Å². The molecule has 1 rings (SSSR count). The smallest absolute Gasteiger partial charge is 0.409 e. The lowest BCUT2D eigenvalue weighted by atomic mass is 10.2. The van der Waals surface area contributed by atoms with E-state index >= 15 is 0 Å². The quantitative estimate of drug-likeness (QED) is 0.544. The van der Waals surface area contributed by atoms with E-state index in [4.69, 9.17) is 9.47 Å². The highest BCUT2D eigenvalue weighted by molar-refractivity contribution is 7.54. The Morgan fingerprint density at radius 3 is 2.50 bits per heavy atom. The standard InChI is InChI=1S/C15H22O4P/c1-4-10-18-12(3)20(17)14-9-7-6-8-13(14)15(16)19-11-5-2/h6-9,12H,4-5,10-11H2,1-3H3/q+1. The van der Waals surface area contributed by atoms with Gasteiger partial charge in [-0.25, -0.2) is 4.79 Å². The number of esters is 1. The Morgan fingerprint density at radius 1 is 1.20 bits per heavy atom. The average Bonchev–Trinajstić information content (AvgIpc) is 2.49. The fraction of sp³-hybridized carbons (Fsp3) is 0.533. The van der Waals surface area contributed by atoms with Gasteiger partial charge in [0.2, 0.25) is 5.30 Å². The summed E-state index contributed by atoms with van der Waals surface area (Å²) in [7, 11) is -1.79. The molecule has 2 unspecified atom stereocenters. The predicted molar refractivity (Wildman–Crippen MR) is 80.0 cm³/mol.